The first-order valence-electron chi connectivity index (χ1n) is 15.8. The van der Waals surface area contributed by atoms with Gasteiger partial charge in [0.25, 0.3) is 0 Å². The second-order valence-corrected chi connectivity index (χ2v) is 12.3. The molecule has 0 atom stereocenters. The number of hydrazine groups is 4. The number of hydrogen-bond acceptors (Lipinski definition) is 6. The summed E-state index contributed by atoms with van der Waals surface area (Å²) in [6.07, 6.45) is 4.43. The second-order valence-electron chi connectivity index (χ2n) is 12.3. The zero-order chi connectivity index (χ0) is 31.6. The van der Waals surface area contributed by atoms with Gasteiger partial charge in [0.15, 0.2) is 0 Å². The second kappa shape index (κ2) is 12.6. The Morgan fingerprint density at radius 2 is 0.761 bits per heavy atom. The van der Waals surface area contributed by atoms with Gasteiger partial charge in [-0.2, -0.15) is 0 Å². The summed E-state index contributed by atoms with van der Waals surface area (Å²) >= 11 is 0. The van der Waals surface area contributed by atoms with Crippen LogP contribution < -0.4 is 31.1 Å². The number of anilines is 4. The van der Waals surface area contributed by atoms with E-state index in [4.69, 9.17) is 0 Å². The van der Waals surface area contributed by atoms with Gasteiger partial charge in [-0.25, -0.2) is 0 Å². The molecule has 0 amide bonds. The Morgan fingerprint density at radius 3 is 1.13 bits per heavy atom. The number of rotatable bonds is 6. The Hall–Kier alpha value is -5.30. The smallest absolute Gasteiger partial charge is 0.0633 e. The predicted molar refractivity (Wildman–Crippen MR) is 193 cm³/mol. The molecule has 0 aliphatic carbocycles. The molecule has 0 bridgehead atoms. The van der Waals surface area contributed by atoms with Crippen LogP contribution in [0.15, 0.2) is 134 Å². The van der Waals surface area contributed by atoms with E-state index in [0.29, 0.717) is 0 Å². The van der Waals surface area contributed by atoms with E-state index in [1.54, 1.807) is 0 Å². The molecule has 5 aromatic carbocycles. The number of aryl methyl sites for hydroxylation is 4. The van der Waals surface area contributed by atoms with Crippen molar-refractivity contribution in [1.82, 2.24) is 11.1 Å². The van der Waals surface area contributed by atoms with Crippen molar-refractivity contribution >= 4 is 33.9 Å². The molecular weight excluding hydrogens is 564 g/mol. The minimum atomic E-state index is 0.740. The SMILES string of the molecule is Cc1ccc(C2=CN(c3cccc(N4C=C(c5ccc(C)cc5)CN(c5ccc(C)cc5)N4)c3)NN(c3ccc(C)cc3)C2)cc1. The highest BCUT2D eigenvalue weighted by atomic mass is 15.8. The van der Waals surface area contributed by atoms with Crippen molar-refractivity contribution in [2.24, 2.45) is 0 Å². The van der Waals surface area contributed by atoms with Crippen LogP contribution >= 0.6 is 0 Å². The van der Waals surface area contributed by atoms with E-state index in [1.807, 2.05) is 0 Å². The monoisotopic (exact) mass is 604 g/mol. The van der Waals surface area contributed by atoms with Gasteiger partial charge >= 0.3 is 0 Å². The Bertz CT molecular complexity index is 1740. The summed E-state index contributed by atoms with van der Waals surface area (Å²) in [5.41, 5.74) is 21.5. The molecule has 2 aliphatic heterocycles. The summed E-state index contributed by atoms with van der Waals surface area (Å²) < 4.78 is 0. The summed E-state index contributed by atoms with van der Waals surface area (Å²) in [4.78, 5) is 0. The number of nitrogens with zero attached hydrogens (tertiary/aromatic N) is 4. The molecule has 7 rings (SSSR count). The fraction of sp³-hybridized carbons (Fsp3) is 0.150. The standard InChI is InChI=1S/C40H40N6/c1-29-8-16-33(17-9-29)35-25-43(37-20-12-31(3)13-21-37)41-45(27-35)39-6-5-7-40(24-39)46-28-36(34-18-10-30(2)11-19-34)26-44(42-46)38-22-14-32(4)15-23-38/h5-24,27-28,41-42H,25-26H2,1-4H3. The molecule has 0 saturated heterocycles. The first-order valence-corrected chi connectivity index (χ1v) is 15.8. The normalized spacial score (nSPS) is 15.1. The molecule has 6 heteroatoms. The van der Waals surface area contributed by atoms with E-state index in [9.17, 15) is 0 Å². The Morgan fingerprint density at radius 1 is 0.413 bits per heavy atom. The van der Waals surface area contributed by atoms with Crippen molar-refractivity contribution in [3.63, 3.8) is 0 Å². The molecule has 0 fully saturated rings. The van der Waals surface area contributed by atoms with E-state index in [1.165, 1.54) is 44.5 Å². The van der Waals surface area contributed by atoms with Gasteiger partial charge in [-0.1, -0.05) is 101 Å². The molecule has 6 nitrogen and oxygen atoms in total. The van der Waals surface area contributed by atoms with Crippen molar-refractivity contribution < 1.29 is 0 Å². The number of nitrogens with one attached hydrogen (secondary N) is 2. The average molecular weight is 605 g/mol. The van der Waals surface area contributed by atoms with Gasteiger partial charge in [0.2, 0.25) is 0 Å². The summed E-state index contributed by atoms with van der Waals surface area (Å²) in [5, 5.41) is 8.65. The van der Waals surface area contributed by atoms with Crippen LogP contribution in [0.4, 0.5) is 22.7 Å². The minimum Gasteiger partial charge on any atom is -0.286 e. The average Bonchev–Trinajstić information content (AvgIpc) is 3.09. The van der Waals surface area contributed by atoms with Crippen molar-refractivity contribution in [1.29, 1.82) is 0 Å². The summed E-state index contributed by atoms with van der Waals surface area (Å²) in [5.74, 6) is 0. The molecule has 46 heavy (non-hydrogen) atoms. The Balaban J connectivity index is 1.25. The van der Waals surface area contributed by atoms with Crippen LogP contribution in [0.25, 0.3) is 11.1 Å². The third kappa shape index (κ3) is 6.40. The van der Waals surface area contributed by atoms with Gasteiger partial charge in [0.1, 0.15) is 0 Å². The molecule has 0 radical (unpaired) electrons. The van der Waals surface area contributed by atoms with Crippen LogP contribution in [-0.2, 0) is 0 Å². The lowest BCUT2D eigenvalue weighted by molar-refractivity contribution is 0.639. The van der Waals surface area contributed by atoms with Crippen LogP contribution in [0.3, 0.4) is 0 Å². The highest BCUT2D eigenvalue weighted by molar-refractivity contribution is 5.78. The summed E-state index contributed by atoms with van der Waals surface area (Å²) in [6.45, 7) is 9.98. The molecule has 2 aliphatic rings. The van der Waals surface area contributed by atoms with Crippen molar-refractivity contribution in [3.05, 3.63) is 167 Å². The van der Waals surface area contributed by atoms with Gasteiger partial charge in [-0.05, 0) is 92.4 Å². The zero-order valence-electron chi connectivity index (χ0n) is 26.9. The van der Waals surface area contributed by atoms with Crippen molar-refractivity contribution in [2.75, 3.05) is 33.1 Å². The van der Waals surface area contributed by atoms with Crippen LogP contribution in [0.1, 0.15) is 33.4 Å². The fourth-order valence-electron chi connectivity index (χ4n) is 5.79. The molecular formula is C40H40N6. The molecule has 2 N–H and O–H groups in total. The maximum atomic E-state index is 3.65. The molecule has 0 unspecified atom stereocenters. The van der Waals surface area contributed by atoms with E-state index in [0.717, 1.165) is 35.8 Å². The van der Waals surface area contributed by atoms with E-state index >= 15 is 0 Å². The van der Waals surface area contributed by atoms with Crippen LogP contribution in [0.2, 0.25) is 0 Å². The summed E-state index contributed by atoms with van der Waals surface area (Å²) in [7, 11) is 0. The van der Waals surface area contributed by atoms with E-state index in [-0.39, 0.29) is 0 Å². The molecule has 0 spiro atoms. The molecule has 230 valence electrons. The van der Waals surface area contributed by atoms with Gasteiger partial charge in [0, 0.05) is 12.4 Å². The molecule has 2 heterocycles. The lowest BCUT2D eigenvalue weighted by Crippen LogP contribution is -2.53. The van der Waals surface area contributed by atoms with Crippen molar-refractivity contribution in [2.45, 2.75) is 27.7 Å². The molecule has 0 saturated carbocycles. The van der Waals surface area contributed by atoms with Crippen molar-refractivity contribution in [3.8, 4) is 0 Å². The number of hydrogen-bond donors (Lipinski definition) is 2. The largest absolute Gasteiger partial charge is 0.286 e. The predicted octanol–water partition coefficient (Wildman–Crippen LogP) is 8.49. The first kappa shape index (κ1) is 29.4. The van der Waals surface area contributed by atoms with Gasteiger partial charge in [-0.3, -0.25) is 20.0 Å². The molecule has 0 aromatic heterocycles. The third-order valence-electron chi connectivity index (χ3n) is 8.61. The highest BCUT2D eigenvalue weighted by Crippen LogP contribution is 2.31. The van der Waals surface area contributed by atoms with Gasteiger partial charge in [0.05, 0.1) is 35.8 Å². The Kier molecular flexibility index (Phi) is 8.06. The minimum absolute atomic E-state index is 0.740. The maximum Gasteiger partial charge on any atom is 0.0633 e. The maximum absolute atomic E-state index is 3.65. The lowest BCUT2D eigenvalue weighted by Gasteiger charge is -2.39. The van der Waals surface area contributed by atoms with E-state index < -0.39 is 0 Å². The van der Waals surface area contributed by atoms with Crippen LogP contribution in [0, 0.1) is 27.7 Å². The Labute approximate surface area is 272 Å². The van der Waals surface area contributed by atoms with Crippen LogP contribution in [-0.4, -0.2) is 13.1 Å². The van der Waals surface area contributed by atoms with Gasteiger partial charge in [-0.15, -0.1) is 11.1 Å². The highest BCUT2D eigenvalue weighted by Gasteiger charge is 2.23. The zero-order valence-corrected chi connectivity index (χ0v) is 26.9. The molecule has 5 aromatic rings. The van der Waals surface area contributed by atoms with E-state index in [2.05, 4.69) is 193 Å². The quantitative estimate of drug-likeness (QED) is 0.202. The first-order chi connectivity index (χ1) is 22.4. The van der Waals surface area contributed by atoms with Gasteiger partial charge < -0.3 is 0 Å². The number of benzene rings is 5. The fourth-order valence-corrected chi connectivity index (χ4v) is 5.79. The third-order valence-corrected chi connectivity index (χ3v) is 8.61. The summed E-state index contributed by atoms with van der Waals surface area (Å²) in [6, 6.07) is 43.5. The topological polar surface area (TPSA) is 37.0 Å². The van der Waals surface area contributed by atoms with Crippen LogP contribution in [0.5, 0.6) is 0 Å². The lowest BCUT2D eigenvalue weighted by atomic mass is 10.0.